The normalized spacial score (nSPS) is 18.2. The van der Waals surface area contributed by atoms with Crippen molar-refractivity contribution >= 4 is 28.5 Å². The van der Waals surface area contributed by atoms with Crippen LogP contribution in [0.3, 0.4) is 0 Å². The number of hydrogen-bond donors (Lipinski definition) is 2. The SMILES string of the molecule is CNC(=O)N1CC[C@H](Nc2nc(OC)c3c(-c4ccc5nnn(CC(F)F)c5c4)ccn3n2)[C@H](F)C1. The second-order valence-corrected chi connectivity index (χ2v) is 8.39. The van der Waals surface area contributed by atoms with Gasteiger partial charge in [0.25, 0.3) is 6.43 Å². The van der Waals surface area contributed by atoms with Gasteiger partial charge in [-0.15, -0.1) is 10.2 Å². The van der Waals surface area contributed by atoms with Crippen molar-refractivity contribution in [3.05, 3.63) is 30.5 Å². The molecule has 1 fully saturated rings. The molecule has 11 nitrogen and oxygen atoms in total. The molecular formula is C22H24F3N9O2. The third-order valence-electron chi connectivity index (χ3n) is 6.17. The molecule has 4 aromatic rings. The molecule has 5 rings (SSSR count). The monoisotopic (exact) mass is 503 g/mol. The largest absolute Gasteiger partial charge is 0.479 e. The van der Waals surface area contributed by atoms with E-state index in [0.29, 0.717) is 35.1 Å². The molecule has 2 amide bonds. The van der Waals surface area contributed by atoms with Crippen molar-refractivity contribution < 1.29 is 22.7 Å². The summed E-state index contributed by atoms with van der Waals surface area (Å²) in [6.45, 7) is -0.205. The fraction of sp³-hybridized carbons (Fsp3) is 0.409. The Morgan fingerprint density at radius 3 is 2.86 bits per heavy atom. The number of nitrogens with one attached hydrogen (secondary N) is 2. The number of amides is 2. The maximum absolute atomic E-state index is 14.8. The Morgan fingerprint density at radius 2 is 2.14 bits per heavy atom. The summed E-state index contributed by atoms with van der Waals surface area (Å²) in [5, 5.41) is 17.7. The van der Waals surface area contributed by atoms with E-state index in [-0.39, 0.29) is 24.4 Å². The molecule has 2 N–H and O–H groups in total. The summed E-state index contributed by atoms with van der Waals surface area (Å²) in [4.78, 5) is 17.6. The van der Waals surface area contributed by atoms with Crippen LogP contribution < -0.4 is 15.4 Å². The molecule has 4 heterocycles. The third kappa shape index (κ3) is 4.33. The molecule has 1 saturated heterocycles. The molecule has 3 aromatic heterocycles. The third-order valence-corrected chi connectivity index (χ3v) is 6.17. The number of nitrogens with zero attached hydrogens (tertiary/aromatic N) is 7. The number of halogens is 3. The van der Waals surface area contributed by atoms with Crippen LogP contribution in [-0.2, 0) is 6.54 Å². The van der Waals surface area contributed by atoms with Gasteiger partial charge in [-0.25, -0.2) is 27.2 Å². The Balaban J connectivity index is 1.44. The number of aromatic nitrogens is 6. The maximum atomic E-state index is 14.8. The van der Waals surface area contributed by atoms with Gasteiger partial charge in [-0.1, -0.05) is 11.3 Å². The minimum Gasteiger partial charge on any atom is -0.479 e. The molecule has 1 aliphatic rings. The van der Waals surface area contributed by atoms with Gasteiger partial charge in [-0.05, 0) is 30.2 Å². The molecule has 0 saturated carbocycles. The standard InChI is InChI=1S/C22H24F3N9O2/c1-26-22(35)32-7-6-15(14(23)10-32)27-21-28-20(36-2)19-13(5-8-33(19)30-21)12-3-4-16-17(9-12)34(31-29-16)11-18(24)25/h3-5,8-9,14-15,18H,6-7,10-11H2,1-2H3,(H,26,35)(H,27,30)/t14-,15+/m1/s1. The van der Waals surface area contributed by atoms with Crippen molar-refractivity contribution in [3.8, 4) is 17.0 Å². The highest BCUT2D eigenvalue weighted by atomic mass is 19.3. The Morgan fingerprint density at radius 1 is 1.31 bits per heavy atom. The molecule has 14 heteroatoms. The average Bonchev–Trinajstić information content (AvgIpc) is 3.47. The van der Waals surface area contributed by atoms with E-state index in [1.807, 2.05) is 0 Å². The molecule has 190 valence electrons. The summed E-state index contributed by atoms with van der Waals surface area (Å²) < 4.78 is 48.9. The van der Waals surface area contributed by atoms with Crippen molar-refractivity contribution in [3.63, 3.8) is 0 Å². The molecule has 0 bridgehead atoms. The van der Waals surface area contributed by atoms with Crippen LogP contribution >= 0.6 is 0 Å². The van der Waals surface area contributed by atoms with E-state index >= 15 is 0 Å². The number of alkyl halides is 3. The molecular weight excluding hydrogens is 479 g/mol. The number of urea groups is 1. The van der Waals surface area contributed by atoms with Crippen molar-refractivity contribution in [2.45, 2.75) is 31.6 Å². The predicted molar refractivity (Wildman–Crippen MR) is 125 cm³/mol. The van der Waals surface area contributed by atoms with Gasteiger partial charge >= 0.3 is 6.03 Å². The highest BCUT2D eigenvalue weighted by Crippen LogP contribution is 2.33. The summed E-state index contributed by atoms with van der Waals surface area (Å²) >= 11 is 0. The smallest absolute Gasteiger partial charge is 0.317 e. The number of hydrogen-bond acceptors (Lipinski definition) is 7. The van der Waals surface area contributed by atoms with Crippen LogP contribution in [0.1, 0.15) is 6.42 Å². The van der Waals surface area contributed by atoms with Gasteiger partial charge in [0.2, 0.25) is 11.8 Å². The van der Waals surface area contributed by atoms with Gasteiger partial charge in [-0.3, -0.25) is 0 Å². The number of piperidine rings is 1. The van der Waals surface area contributed by atoms with Crippen molar-refractivity contribution in [2.75, 3.05) is 32.6 Å². The fourth-order valence-electron chi connectivity index (χ4n) is 4.40. The quantitative estimate of drug-likeness (QED) is 0.416. The number of carbonyl (C=O) groups is 1. The van der Waals surface area contributed by atoms with Crippen LogP contribution in [0.25, 0.3) is 27.7 Å². The number of benzene rings is 1. The minimum absolute atomic E-state index is 0.0378. The zero-order valence-corrected chi connectivity index (χ0v) is 19.5. The van der Waals surface area contributed by atoms with Crippen LogP contribution in [-0.4, -0.2) is 86.4 Å². The minimum atomic E-state index is -2.56. The summed E-state index contributed by atoms with van der Waals surface area (Å²) in [5.41, 5.74) is 2.97. The number of methoxy groups -OCH3 is 1. The molecule has 0 unspecified atom stereocenters. The lowest BCUT2D eigenvalue weighted by Crippen LogP contribution is -2.52. The number of ether oxygens (including phenoxy) is 1. The van der Waals surface area contributed by atoms with Crippen molar-refractivity contribution in [1.82, 2.24) is 39.8 Å². The van der Waals surface area contributed by atoms with Crippen LogP contribution in [0.5, 0.6) is 5.88 Å². The molecule has 0 spiro atoms. The second kappa shape index (κ2) is 9.51. The van der Waals surface area contributed by atoms with E-state index in [1.165, 1.54) is 23.7 Å². The number of rotatable bonds is 6. The highest BCUT2D eigenvalue weighted by molar-refractivity contribution is 5.89. The van der Waals surface area contributed by atoms with Crippen molar-refractivity contribution in [1.29, 1.82) is 0 Å². The first-order chi connectivity index (χ1) is 17.4. The number of likely N-dealkylation sites (tertiary alicyclic amines) is 1. The first kappa shape index (κ1) is 23.6. The number of fused-ring (bicyclic) bond motifs is 2. The maximum Gasteiger partial charge on any atom is 0.317 e. The molecule has 2 atom stereocenters. The predicted octanol–water partition coefficient (Wildman–Crippen LogP) is 2.58. The van der Waals surface area contributed by atoms with Gasteiger partial charge in [-0.2, -0.15) is 4.98 Å². The lowest BCUT2D eigenvalue weighted by Gasteiger charge is -2.34. The van der Waals surface area contributed by atoms with Gasteiger partial charge in [0, 0.05) is 25.4 Å². The molecule has 0 radical (unpaired) electrons. The Hall–Kier alpha value is -4.10. The summed E-state index contributed by atoms with van der Waals surface area (Å²) in [6, 6.07) is 6.15. The van der Waals surface area contributed by atoms with Gasteiger partial charge in [0.15, 0.2) is 0 Å². The molecule has 0 aliphatic carbocycles. The van der Waals surface area contributed by atoms with Crippen LogP contribution in [0.15, 0.2) is 30.5 Å². The summed E-state index contributed by atoms with van der Waals surface area (Å²) in [6.07, 6.45) is -1.77. The van der Waals surface area contributed by atoms with Crippen LogP contribution in [0.4, 0.5) is 23.9 Å². The van der Waals surface area contributed by atoms with E-state index in [4.69, 9.17) is 4.74 Å². The Labute approximate surface area is 203 Å². The zero-order valence-electron chi connectivity index (χ0n) is 19.5. The van der Waals surface area contributed by atoms with E-state index in [2.05, 4.69) is 31.0 Å². The highest BCUT2D eigenvalue weighted by Gasteiger charge is 2.32. The average molecular weight is 503 g/mol. The lowest BCUT2D eigenvalue weighted by atomic mass is 10.0. The fourth-order valence-corrected chi connectivity index (χ4v) is 4.40. The topological polar surface area (TPSA) is 115 Å². The van der Waals surface area contributed by atoms with Crippen LogP contribution in [0, 0.1) is 0 Å². The van der Waals surface area contributed by atoms with E-state index in [1.54, 1.807) is 35.0 Å². The van der Waals surface area contributed by atoms with Gasteiger partial charge in [0.05, 0.1) is 25.2 Å². The van der Waals surface area contributed by atoms with Crippen molar-refractivity contribution in [2.24, 2.45) is 0 Å². The molecule has 36 heavy (non-hydrogen) atoms. The van der Waals surface area contributed by atoms with E-state index in [0.717, 1.165) is 5.56 Å². The zero-order chi connectivity index (χ0) is 25.4. The second-order valence-electron chi connectivity index (χ2n) is 8.39. The lowest BCUT2D eigenvalue weighted by molar-refractivity contribution is 0.122. The van der Waals surface area contributed by atoms with Crippen LogP contribution in [0.2, 0.25) is 0 Å². The first-order valence-corrected chi connectivity index (χ1v) is 11.3. The molecule has 1 aliphatic heterocycles. The summed E-state index contributed by atoms with van der Waals surface area (Å²) in [7, 11) is 2.97. The molecule has 1 aromatic carbocycles. The van der Waals surface area contributed by atoms with Gasteiger partial charge in [0.1, 0.15) is 23.7 Å². The number of carbonyl (C=O) groups excluding carboxylic acids is 1. The summed E-state index contributed by atoms with van der Waals surface area (Å²) in [5.74, 6) is 0.433. The Bertz CT molecular complexity index is 1410. The number of anilines is 1. The van der Waals surface area contributed by atoms with E-state index in [9.17, 15) is 18.0 Å². The Kier molecular flexibility index (Phi) is 6.24. The van der Waals surface area contributed by atoms with E-state index < -0.39 is 25.2 Å². The first-order valence-electron chi connectivity index (χ1n) is 11.3. The van der Waals surface area contributed by atoms with Gasteiger partial charge < -0.3 is 20.3 Å².